The maximum atomic E-state index is 12.0. The number of carbonyl (C=O) groups excluding carboxylic acids is 2. The van der Waals surface area contributed by atoms with Crippen molar-refractivity contribution in [2.75, 3.05) is 5.32 Å². The molecule has 5 heteroatoms. The SMILES string of the molecule is CC(=O)Nc1ccc(C(=O)N/N=C2/CCCC(C)C2)cc1. The van der Waals surface area contributed by atoms with Crippen LogP contribution in [0.15, 0.2) is 29.4 Å². The number of nitrogens with one attached hydrogen (secondary N) is 2. The fourth-order valence-electron chi connectivity index (χ4n) is 2.47. The second-order valence-electron chi connectivity index (χ2n) is 5.58. The number of rotatable bonds is 3. The highest BCUT2D eigenvalue weighted by Crippen LogP contribution is 2.21. The summed E-state index contributed by atoms with van der Waals surface area (Å²) in [7, 11) is 0. The van der Waals surface area contributed by atoms with Crippen molar-refractivity contribution in [3.05, 3.63) is 29.8 Å². The molecule has 1 fully saturated rings. The molecule has 0 heterocycles. The van der Waals surface area contributed by atoms with Gasteiger partial charge in [-0.3, -0.25) is 9.59 Å². The van der Waals surface area contributed by atoms with Crippen LogP contribution in [0.2, 0.25) is 0 Å². The Balaban J connectivity index is 1.93. The van der Waals surface area contributed by atoms with Gasteiger partial charge in [-0.1, -0.05) is 6.92 Å². The zero-order chi connectivity index (χ0) is 15.2. The second kappa shape index (κ2) is 7.02. The van der Waals surface area contributed by atoms with Crippen LogP contribution in [-0.2, 0) is 4.79 Å². The quantitative estimate of drug-likeness (QED) is 0.839. The van der Waals surface area contributed by atoms with Crippen LogP contribution in [0.1, 0.15) is 49.9 Å². The summed E-state index contributed by atoms with van der Waals surface area (Å²) in [5.41, 5.74) is 4.88. The van der Waals surface area contributed by atoms with Crippen molar-refractivity contribution in [1.29, 1.82) is 0 Å². The van der Waals surface area contributed by atoms with Gasteiger partial charge in [0.05, 0.1) is 0 Å². The summed E-state index contributed by atoms with van der Waals surface area (Å²) in [6.45, 7) is 3.65. The highest BCUT2D eigenvalue weighted by atomic mass is 16.2. The predicted octanol–water partition coefficient (Wildman–Crippen LogP) is 2.94. The summed E-state index contributed by atoms with van der Waals surface area (Å²) in [4.78, 5) is 22.9. The van der Waals surface area contributed by atoms with Crippen LogP contribution in [0.25, 0.3) is 0 Å². The molecule has 2 amide bonds. The van der Waals surface area contributed by atoms with E-state index in [9.17, 15) is 9.59 Å². The largest absolute Gasteiger partial charge is 0.326 e. The lowest BCUT2D eigenvalue weighted by Gasteiger charge is -2.18. The van der Waals surface area contributed by atoms with E-state index in [1.807, 2.05) is 0 Å². The summed E-state index contributed by atoms with van der Waals surface area (Å²) in [6, 6.07) is 6.74. The molecular weight excluding hydrogens is 266 g/mol. The van der Waals surface area contributed by atoms with Crippen LogP contribution >= 0.6 is 0 Å². The number of hydrogen-bond acceptors (Lipinski definition) is 3. The van der Waals surface area contributed by atoms with Crippen molar-refractivity contribution >= 4 is 23.2 Å². The zero-order valence-electron chi connectivity index (χ0n) is 12.5. The molecule has 2 N–H and O–H groups in total. The van der Waals surface area contributed by atoms with E-state index < -0.39 is 0 Å². The van der Waals surface area contributed by atoms with Gasteiger partial charge in [-0.05, 0) is 55.9 Å². The van der Waals surface area contributed by atoms with E-state index in [0.29, 0.717) is 17.2 Å². The molecule has 1 aliphatic carbocycles. The minimum atomic E-state index is -0.227. The normalized spacial score (nSPS) is 20.1. The average Bonchev–Trinajstić information content (AvgIpc) is 2.45. The fourth-order valence-corrected chi connectivity index (χ4v) is 2.47. The first-order valence-corrected chi connectivity index (χ1v) is 7.28. The molecule has 21 heavy (non-hydrogen) atoms. The van der Waals surface area contributed by atoms with Crippen molar-refractivity contribution in [1.82, 2.24) is 5.43 Å². The third-order valence-corrected chi connectivity index (χ3v) is 3.53. The molecule has 2 rings (SSSR count). The van der Waals surface area contributed by atoms with Crippen LogP contribution in [0.4, 0.5) is 5.69 Å². The minimum Gasteiger partial charge on any atom is -0.326 e. The van der Waals surface area contributed by atoms with E-state index in [1.165, 1.54) is 13.3 Å². The Hall–Kier alpha value is -2.17. The van der Waals surface area contributed by atoms with E-state index in [1.54, 1.807) is 24.3 Å². The summed E-state index contributed by atoms with van der Waals surface area (Å²) in [6.07, 6.45) is 4.30. The highest BCUT2D eigenvalue weighted by Gasteiger charge is 2.14. The summed E-state index contributed by atoms with van der Waals surface area (Å²) in [5, 5.41) is 6.89. The van der Waals surface area contributed by atoms with Gasteiger partial charge < -0.3 is 5.32 Å². The number of hydrogen-bond donors (Lipinski definition) is 2. The summed E-state index contributed by atoms with van der Waals surface area (Å²) >= 11 is 0. The van der Waals surface area contributed by atoms with Crippen LogP contribution < -0.4 is 10.7 Å². The molecule has 0 aliphatic heterocycles. The molecule has 0 spiro atoms. The topological polar surface area (TPSA) is 70.6 Å². The van der Waals surface area contributed by atoms with E-state index in [4.69, 9.17) is 0 Å². The number of carbonyl (C=O) groups is 2. The minimum absolute atomic E-state index is 0.134. The number of anilines is 1. The molecule has 0 radical (unpaired) electrons. The van der Waals surface area contributed by atoms with Crippen LogP contribution in [0.3, 0.4) is 0 Å². The second-order valence-corrected chi connectivity index (χ2v) is 5.58. The molecule has 1 unspecified atom stereocenters. The average molecular weight is 287 g/mol. The Labute approximate surface area is 124 Å². The maximum absolute atomic E-state index is 12.0. The van der Waals surface area contributed by atoms with Crippen LogP contribution in [0.5, 0.6) is 0 Å². The van der Waals surface area contributed by atoms with Crippen LogP contribution in [0, 0.1) is 5.92 Å². The summed E-state index contributed by atoms with van der Waals surface area (Å²) in [5.74, 6) is 0.284. The summed E-state index contributed by atoms with van der Waals surface area (Å²) < 4.78 is 0. The first-order valence-electron chi connectivity index (χ1n) is 7.28. The third-order valence-electron chi connectivity index (χ3n) is 3.53. The van der Waals surface area contributed by atoms with Crippen molar-refractivity contribution in [3.8, 4) is 0 Å². The molecule has 0 saturated heterocycles. The molecule has 1 aromatic carbocycles. The van der Waals surface area contributed by atoms with Gasteiger partial charge >= 0.3 is 0 Å². The van der Waals surface area contributed by atoms with Gasteiger partial charge in [-0.15, -0.1) is 0 Å². The highest BCUT2D eigenvalue weighted by molar-refractivity contribution is 5.96. The van der Waals surface area contributed by atoms with Gasteiger partial charge in [0.1, 0.15) is 0 Å². The lowest BCUT2D eigenvalue weighted by molar-refractivity contribution is -0.114. The van der Waals surface area contributed by atoms with E-state index in [2.05, 4.69) is 22.8 Å². The van der Waals surface area contributed by atoms with Gasteiger partial charge in [-0.2, -0.15) is 5.10 Å². The molecule has 0 bridgehead atoms. The smallest absolute Gasteiger partial charge is 0.271 e. The number of nitrogens with zero attached hydrogens (tertiary/aromatic N) is 1. The first-order chi connectivity index (χ1) is 10.0. The van der Waals surface area contributed by atoms with E-state index in [-0.39, 0.29) is 11.8 Å². The monoisotopic (exact) mass is 287 g/mol. The maximum Gasteiger partial charge on any atom is 0.271 e. The van der Waals surface area contributed by atoms with Crippen molar-refractivity contribution in [2.45, 2.75) is 39.5 Å². The van der Waals surface area contributed by atoms with Gasteiger partial charge in [0.25, 0.3) is 5.91 Å². The number of benzene rings is 1. The fraction of sp³-hybridized carbons (Fsp3) is 0.438. The Morgan fingerprint density at radius 1 is 1.24 bits per heavy atom. The lowest BCUT2D eigenvalue weighted by Crippen LogP contribution is -2.22. The molecule has 1 saturated carbocycles. The molecule has 1 aromatic rings. The molecule has 1 atom stereocenters. The van der Waals surface area contributed by atoms with Gasteiger partial charge in [0.15, 0.2) is 0 Å². The first kappa shape index (κ1) is 15.2. The predicted molar refractivity (Wildman–Crippen MR) is 83.3 cm³/mol. The van der Waals surface area contributed by atoms with Crippen LogP contribution in [-0.4, -0.2) is 17.5 Å². The number of amides is 2. The molecule has 5 nitrogen and oxygen atoms in total. The van der Waals surface area contributed by atoms with Gasteiger partial charge in [0.2, 0.25) is 5.91 Å². The molecule has 1 aliphatic rings. The molecular formula is C16H21N3O2. The van der Waals surface area contributed by atoms with Crippen molar-refractivity contribution in [3.63, 3.8) is 0 Å². The third kappa shape index (κ3) is 4.70. The Morgan fingerprint density at radius 3 is 2.57 bits per heavy atom. The standard InChI is InChI=1S/C16H21N3O2/c1-11-4-3-5-15(10-11)18-19-16(21)13-6-8-14(9-7-13)17-12(2)20/h6-9,11H,3-5,10H2,1-2H3,(H,17,20)(H,19,21)/b18-15-. The molecule has 112 valence electrons. The zero-order valence-corrected chi connectivity index (χ0v) is 12.5. The van der Waals surface area contributed by atoms with Crippen molar-refractivity contribution in [2.24, 2.45) is 11.0 Å². The molecule has 0 aromatic heterocycles. The van der Waals surface area contributed by atoms with Gasteiger partial charge in [0, 0.05) is 23.9 Å². The van der Waals surface area contributed by atoms with E-state index in [0.717, 1.165) is 25.0 Å². The Bertz CT molecular complexity index is 549. The Kier molecular flexibility index (Phi) is 5.09. The number of hydrazone groups is 1. The van der Waals surface area contributed by atoms with Gasteiger partial charge in [-0.25, -0.2) is 5.43 Å². The van der Waals surface area contributed by atoms with Crippen molar-refractivity contribution < 1.29 is 9.59 Å². The lowest BCUT2D eigenvalue weighted by atomic mass is 9.89. The van der Waals surface area contributed by atoms with E-state index >= 15 is 0 Å². The Morgan fingerprint density at radius 2 is 1.95 bits per heavy atom.